The van der Waals surface area contributed by atoms with Gasteiger partial charge in [-0.3, -0.25) is 14.2 Å². The SMILES string of the molecule is COc1ccc(C(=O)CSc2ncnc3c2ncn3C(C)=O)cc1. The summed E-state index contributed by atoms with van der Waals surface area (Å²) in [5.74, 6) is 0.708. The van der Waals surface area contributed by atoms with E-state index in [1.165, 1.54) is 35.9 Å². The quantitative estimate of drug-likeness (QED) is 0.400. The van der Waals surface area contributed by atoms with Crippen LogP contribution in [0.4, 0.5) is 0 Å². The number of hydrogen-bond acceptors (Lipinski definition) is 7. The van der Waals surface area contributed by atoms with Crippen molar-refractivity contribution in [3.63, 3.8) is 0 Å². The number of benzene rings is 1. The maximum absolute atomic E-state index is 12.3. The molecule has 0 bridgehead atoms. The number of thioether (sulfide) groups is 1. The molecule has 122 valence electrons. The first-order chi connectivity index (χ1) is 11.6. The van der Waals surface area contributed by atoms with Crippen LogP contribution < -0.4 is 4.74 Å². The number of nitrogens with zero attached hydrogens (tertiary/aromatic N) is 4. The van der Waals surface area contributed by atoms with Crippen LogP contribution in [0.5, 0.6) is 5.75 Å². The number of carbonyl (C=O) groups excluding carboxylic acids is 2. The Kier molecular flexibility index (Phi) is 4.57. The van der Waals surface area contributed by atoms with Gasteiger partial charge in [-0.1, -0.05) is 11.8 Å². The van der Waals surface area contributed by atoms with Gasteiger partial charge < -0.3 is 4.74 Å². The van der Waals surface area contributed by atoms with Crippen LogP contribution in [0, 0.1) is 0 Å². The van der Waals surface area contributed by atoms with Crippen LogP contribution in [0.25, 0.3) is 11.2 Å². The van der Waals surface area contributed by atoms with Gasteiger partial charge in [0.1, 0.15) is 28.9 Å². The highest BCUT2D eigenvalue weighted by Crippen LogP contribution is 2.24. The van der Waals surface area contributed by atoms with Crippen molar-refractivity contribution >= 4 is 34.6 Å². The van der Waals surface area contributed by atoms with E-state index in [1.54, 1.807) is 31.4 Å². The smallest absolute Gasteiger partial charge is 0.230 e. The van der Waals surface area contributed by atoms with E-state index in [9.17, 15) is 9.59 Å². The third-order valence-corrected chi connectivity index (χ3v) is 4.37. The van der Waals surface area contributed by atoms with Gasteiger partial charge in [-0.05, 0) is 24.3 Å². The molecule has 0 N–H and O–H groups in total. The lowest BCUT2D eigenvalue weighted by Crippen LogP contribution is -2.05. The first-order valence-electron chi connectivity index (χ1n) is 7.09. The number of rotatable bonds is 5. The Morgan fingerprint density at radius 2 is 1.92 bits per heavy atom. The Morgan fingerprint density at radius 3 is 2.58 bits per heavy atom. The zero-order valence-electron chi connectivity index (χ0n) is 13.1. The third kappa shape index (κ3) is 3.13. The Bertz CT molecular complexity index is 905. The second-order valence-electron chi connectivity index (χ2n) is 4.92. The Balaban J connectivity index is 1.77. The number of fused-ring (bicyclic) bond motifs is 1. The van der Waals surface area contributed by atoms with Gasteiger partial charge in [0, 0.05) is 12.5 Å². The summed E-state index contributed by atoms with van der Waals surface area (Å²) in [7, 11) is 1.58. The molecule has 1 aromatic carbocycles. The summed E-state index contributed by atoms with van der Waals surface area (Å²) < 4.78 is 6.43. The molecule has 0 saturated heterocycles. The maximum atomic E-state index is 12.3. The fourth-order valence-corrected chi connectivity index (χ4v) is 2.98. The topological polar surface area (TPSA) is 87.0 Å². The lowest BCUT2D eigenvalue weighted by molar-refractivity contribution is 0.0939. The van der Waals surface area contributed by atoms with Gasteiger partial charge in [0.25, 0.3) is 0 Å². The van der Waals surface area contributed by atoms with Crippen molar-refractivity contribution in [2.75, 3.05) is 12.9 Å². The van der Waals surface area contributed by atoms with Gasteiger partial charge in [-0.2, -0.15) is 0 Å². The molecule has 7 nitrogen and oxygen atoms in total. The zero-order chi connectivity index (χ0) is 17.1. The van der Waals surface area contributed by atoms with Gasteiger partial charge in [0.15, 0.2) is 11.4 Å². The highest BCUT2D eigenvalue weighted by atomic mass is 32.2. The molecule has 2 aromatic heterocycles. The maximum Gasteiger partial charge on any atom is 0.230 e. The molecular weight excluding hydrogens is 328 g/mol. The van der Waals surface area contributed by atoms with E-state index in [0.717, 1.165) is 0 Å². The number of hydrogen-bond donors (Lipinski definition) is 0. The first-order valence-corrected chi connectivity index (χ1v) is 8.07. The summed E-state index contributed by atoms with van der Waals surface area (Å²) in [6, 6.07) is 6.94. The summed E-state index contributed by atoms with van der Waals surface area (Å²) >= 11 is 1.27. The van der Waals surface area contributed by atoms with Crippen molar-refractivity contribution < 1.29 is 14.3 Å². The van der Waals surface area contributed by atoms with Crippen molar-refractivity contribution in [1.29, 1.82) is 0 Å². The second-order valence-corrected chi connectivity index (χ2v) is 5.89. The van der Waals surface area contributed by atoms with Crippen molar-refractivity contribution in [2.45, 2.75) is 11.9 Å². The lowest BCUT2D eigenvalue weighted by atomic mass is 10.1. The van der Waals surface area contributed by atoms with Crippen LogP contribution in [0.15, 0.2) is 41.9 Å². The van der Waals surface area contributed by atoms with Gasteiger partial charge in [-0.15, -0.1) is 0 Å². The molecule has 0 amide bonds. The third-order valence-electron chi connectivity index (χ3n) is 3.39. The summed E-state index contributed by atoms with van der Waals surface area (Å²) in [6.07, 6.45) is 2.78. The molecule has 0 aliphatic carbocycles. The predicted octanol–water partition coefficient (Wildman–Crippen LogP) is 2.47. The molecule has 0 saturated carbocycles. The van der Waals surface area contributed by atoms with Crippen LogP contribution in [-0.2, 0) is 0 Å². The molecule has 0 aliphatic heterocycles. The predicted molar refractivity (Wildman–Crippen MR) is 89.7 cm³/mol. The molecule has 0 fully saturated rings. The van der Waals surface area contributed by atoms with Gasteiger partial charge >= 0.3 is 0 Å². The Labute approximate surface area is 142 Å². The standard InChI is InChI=1S/C16H14N4O3S/c1-10(21)20-9-19-14-15(20)17-8-18-16(14)24-7-13(22)11-3-5-12(23-2)6-4-11/h3-6,8-9H,7H2,1-2H3. The van der Waals surface area contributed by atoms with Crippen LogP contribution in [0.1, 0.15) is 22.1 Å². The van der Waals surface area contributed by atoms with Crippen molar-refractivity contribution in [1.82, 2.24) is 19.5 Å². The van der Waals surface area contributed by atoms with E-state index >= 15 is 0 Å². The van der Waals surface area contributed by atoms with Crippen LogP contribution in [-0.4, -0.2) is 44.1 Å². The van der Waals surface area contributed by atoms with Gasteiger partial charge in [0.05, 0.1) is 12.9 Å². The van der Waals surface area contributed by atoms with E-state index in [2.05, 4.69) is 15.0 Å². The molecule has 24 heavy (non-hydrogen) atoms. The van der Waals surface area contributed by atoms with Gasteiger partial charge in [0.2, 0.25) is 5.91 Å². The number of Topliss-reactive ketones (excluding diaryl/α,β-unsaturated/α-hetero) is 1. The molecule has 3 rings (SSSR count). The monoisotopic (exact) mass is 342 g/mol. The summed E-state index contributed by atoms with van der Waals surface area (Å²) in [6.45, 7) is 1.43. The minimum Gasteiger partial charge on any atom is -0.497 e. The molecular formula is C16H14N4O3S. The largest absolute Gasteiger partial charge is 0.497 e. The van der Waals surface area contributed by atoms with Gasteiger partial charge in [-0.25, -0.2) is 15.0 Å². The Morgan fingerprint density at radius 1 is 1.17 bits per heavy atom. The van der Waals surface area contributed by atoms with E-state index in [-0.39, 0.29) is 17.4 Å². The molecule has 3 aromatic rings. The highest BCUT2D eigenvalue weighted by molar-refractivity contribution is 8.00. The minimum absolute atomic E-state index is 0.0274. The fraction of sp³-hybridized carbons (Fsp3) is 0.188. The normalized spacial score (nSPS) is 10.8. The highest BCUT2D eigenvalue weighted by Gasteiger charge is 2.14. The van der Waals surface area contributed by atoms with E-state index in [4.69, 9.17) is 4.74 Å². The number of carbonyl (C=O) groups is 2. The molecule has 2 heterocycles. The van der Waals surface area contributed by atoms with Crippen LogP contribution in [0.3, 0.4) is 0 Å². The first kappa shape index (κ1) is 16.1. The van der Waals surface area contributed by atoms with Crippen molar-refractivity contribution in [2.24, 2.45) is 0 Å². The Hall–Kier alpha value is -2.74. The average Bonchev–Trinajstić information content (AvgIpc) is 3.04. The number of methoxy groups -OCH3 is 1. The van der Waals surface area contributed by atoms with Crippen molar-refractivity contribution in [3.05, 3.63) is 42.5 Å². The zero-order valence-corrected chi connectivity index (χ0v) is 13.9. The average molecular weight is 342 g/mol. The van der Waals surface area contributed by atoms with Crippen LogP contribution >= 0.6 is 11.8 Å². The van der Waals surface area contributed by atoms with Crippen molar-refractivity contribution in [3.8, 4) is 5.75 Å². The number of imidazole rings is 1. The molecule has 0 atom stereocenters. The van der Waals surface area contributed by atoms with E-state index < -0.39 is 0 Å². The number of ether oxygens (including phenoxy) is 1. The number of aromatic nitrogens is 4. The molecule has 8 heteroatoms. The number of ketones is 1. The summed E-state index contributed by atoms with van der Waals surface area (Å²) in [5, 5.41) is 0.571. The van der Waals surface area contributed by atoms with E-state index in [0.29, 0.717) is 27.5 Å². The molecule has 0 aliphatic rings. The van der Waals surface area contributed by atoms with Crippen LogP contribution in [0.2, 0.25) is 0 Å². The second kappa shape index (κ2) is 6.79. The fourth-order valence-electron chi connectivity index (χ4n) is 2.14. The molecule has 0 spiro atoms. The minimum atomic E-state index is -0.179. The molecule has 0 unspecified atom stereocenters. The summed E-state index contributed by atoms with van der Waals surface area (Å²) in [5.41, 5.74) is 1.56. The van der Waals surface area contributed by atoms with E-state index in [1.807, 2.05) is 0 Å². The summed E-state index contributed by atoms with van der Waals surface area (Å²) in [4.78, 5) is 36.2. The lowest BCUT2D eigenvalue weighted by Gasteiger charge is -2.04. The molecule has 0 radical (unpaired) electrons.